The summed E-state index contributed by atoms with van der Waals surface area (Å²) >= 11 is 0. The lowest BCUT2D eigenvalue weighted by Crippen LogP contribution is -2.49. The van der Waals surface area contributed by atoms with E-state index in [0.717, 1.165) is 11.1 Å². The molecule has 1 aliphatic carbocycles. The SMILES string of the molecule is CC(C)(C)[Si](C)(C)OCc1ccnc(NC(=O)C(NC(=O)OCc2ccccc2)C2CCC(F)CC2)c1. The van der Waals surface area contributed by atoms with Gasteiger partial charge in [-0.3, -0.25) is 4.79 Å². The van der Waals surface area contributed by atoms with Crippen LogP contribution in [-0.2, 0) is 27.2 Å². The van der Waals surface area contributed by atoms with Crippen molar-refractivity contribution in [2.45, 2.75) is 90.0 Å². The lowest BCUT2D eigenvalue weighted by Gasteiger charge is -2.36. The normalized spacial score (nSPS) is 19.1. The van der Waals surface area contributed by atoms with Crippen LogP contribution in [0.2, 0.25) is 18.1 Å². The molecular formula is C28H40FN3O4Si. The van der Waals surface area contributed by atoms with Crippen LogP contribution < -0.4 is 10.6 Å². The molecule has 9 heteroatoms. The van der Waals surface area contributed by atoms with Crippen molar-refractivity contribution in [3.8, 4) is 0 Å². The van der Waals surface area contributed by atoms with Gasteiger partial charge in [0, 0.05) is 6.20 Å². The van der Waals surface area contributed by atoms with Crippen LogP contribution in [0.3, 0.4) is 0 Å². The summed E-state index contributed by atoms with van der Waals surface area (Å²) in [6.07, 6.45) is 1.82. The third kappa shape index (κ3) is 8.64. The number of aromatic nitrogens is 1. The first-order valence-electron chi connectivity index (χ1n) is 13.0. The highest BCUT2D eigenvalue weighted by molar-refractivity contribution is 6.74. The number of anilines is 1. The van der Waals surface area contributed by atoms with Crippen LogP contribution in [0.1, 0.15) is 57.6 Å². The zero-order chi connectivity index (χ0) is 27.1. The Morgan fingerprint density at radius 3 is 2.38 bits per heavy atom. The van der Waals surface area contributed by atoms with Crippen LogP contribution in [0.15, 0.2) is 48.7 Å². The van der Waals surface area contributed by atoms with Crippen LogP contribution >= 0.6 is 0 Å². The van der Waals surface area contributed by atoms with Crippen LogP contribution in [0.4, 0.5) is 15.0 Å². The maximum atomic E-state index is 13.8. The second-order valence-corrected chi connectivity index (χ2v) is 16.1. The predicted octanol–water partition coefficient (Wildman–Crippen LogP) is 6.37. The van der Waals surface area contributed by atoms with E-state index in [4.69, 9.17) is 9.16 Å². The summed E-state index contributed by atoms with van der Waals surface area (Å²) in [5, 5.41) is 5.65. The summed E-state index contributed by atoms with van der Waals surface area (Å²) in [4.78, 5) is 30.2. The van der Waals surface area contributed by atoms with E-state index in [9.17, 15) is 14.0 Å². The van der Waals surface area contributed by atoms with Gasteiger partial charge in [0.25, 0.3) is 0 Å². The first kappa shape index (κ1) is 28.8. The summed E-state index contributed by atoms with van der Waals surface area (Å²) in [6.45, 7) is 11.5. The molecule has 1 heterocycles. The number of amides is 2. The molecule has 2 aromatic rings. The van der Waals surface area contributed by atoms with Crippen molar-refractivity contribution in [3.63, 3.8) is 0 Å². The monoisotopic (exact) mass is 529 g/mol. The number of pyridine rings is 1. The first-order chi connectivity index (χ1) is 17.4. The van der Waals surface area contributed by atoms with Gasteiger partial charge in [0.05, 0.1) is 6.61 Å². The largest absolute Gasteiger partial charge is 0.445 e. The van der Waals surface area contributed by atoms with Crippen LogP contribution in [0, 0.1) is 5.92 Å². The summed E-state index contributed by atoms with van der Waals surface area (Å²) in [6, 6.07) is 12.1. The Balaban J connectivity index is 1.66. The van der Waals surface area contributed by atoms with Crippen molar-refractivity contribution in [1.29, 1.82) is 0 Å². The van der Waals surface area contributed by atoms with Gasteiger partial charge in [-0.2, -0.15) is 0 Å². The molecule has 37 heavy (non-hydrogen) atoms. The fraction of sp³-hybridized carbons (Fsp3) is 0.536. The molecule has 1 saturated carbocycles. The van der Waals surface area contributed by atoms with Gasteiger partial charge in [-0.25, -0.2) is 14.2 Å². The number of carbonyl (C=O) groups excluding carboxylic acids is 2. The average Bonchev–Trinajstić information content (AvgIpc) is 2.85. The molecule has 2 amide bonds. The van der Waals surface area contributed by atoms with E-state index >= 15 is 0 Å². The number of hydrogen-bond acceptors (Lipinski definition) is 5. The molecule has 1 aromatic heterocycles. The minimum Gasteiger partial charge on any atom is -0.445 e. The fourth-order valence-corrected chi connectivity index (χ4v) is 4.98. The molecule has 2 N–H and O–H groups in total. The minimum absolute atomic E-state index is 0.0870. The summed E-state index contributed by atoms with van der Waals surface area (Å²) in [5.41, 5.74) is 1.75. The molecule has 0 saturated heterocycles. The molecule has 1 atom stereocenters. The molecule has 1 fully saturated rings. The minimum atomic E-state index is -1.93. The van der Waals surface area contributed by atoms with Crippen molar-refractivity contribution >= 4 is 26.1 Å². The van der Waals surface area contributed by atoms with Crippen LogP contribution in [-0.4, -0.2) is 37.5 Å². The molecule has 3 rings (SSSR count). The second kappa shape index (κ2) is 12.6. The Morgan fingerprint density at radius 2 is 1.73 bits per heavy atom. The quantitative estimate of drug-likeness (QED) is 0.369. The molecule has 7 nitrogen and oxygen atoms in total. The number of rotatable bonds is 9. The number of hydrogen-bond donors (Lipinski definition) is 2. The fourth-order valence-electron chi connectivity index (χ4n) is 4.02. The first-order valence-corrected chi connectivity index (χ1v) is 15.9. The van der Waals surface area contributed by atoms with Crippen molar-refractivity contribution < 1.29 is 23.1 Å². The van der Waals surface area contributed by atoms with Gasteiger partial charge in [0.1, 0.15) is 24.6 Å². The summed E-state index contributed by atoms with van der Waals surface area (Å²) in [5.74, 6) is -0.208. The summed E-state index contributed by atoms with van der Waals surface area (Å²) < 4.78 is 25.4. The maximum Gasteiger partial charge on any atom is 0.408 e. The third-order valence-corrected chi connectivity index (χ3v) is 11.9. The second-order valence-electron chi connectivity index (χ2n) is 11.3. The molecule has 1 aromatic carbocycles. The number of nitrogens with zero attached hydrogens (tertiary/aromatic N) is 1. The standard InChI is InChI=1S/C28H40FN3O4Si/c1-28(2,3)37(4,5)36-19-21-15-16-30-24(17-21)31-26(33)25(22-11-13-23(29)14-12-22)32-27(34)35-18-20-9-7-6-8-10-20/h6-10,15-17,22-23,25H,11-14,18-19H2,1-5H3,(H,32,34)(H,30,31,33). The Bertz CT molecular complexity index is 1040. The van der Waals surface area contributed by atoms with Gasteiger partial charge in [-0.05, 0) is 73.0 Å². The highest BCUT2D eigenvalue weighted by Gasteiger charge is 2.37. The molecule has 0 bridgehead atoms. The Morgan fingerprint density at radius 1 is 1.05 bits per heavy atom. The number of alkyl halides is 1. The van der Waals surface area contributed by atoms with Gasteiger partial charge >= 0.3 is 6.09 Å². The number of carbonyl (C=O) groups is 2. The van der Waals surface area contributed by atoms with E-state index in [1.807, 2.05) is 36.4 Å². The Labute approximate surface area is 220 Å². The van der Waals surface area contributed by atoms with Crippen molar-refractivity contribution in [1.82, 2.24) is 10.3 Å². The van der Waals surface area contributed by atoms with E-state index in [2.05, 4.69) is 49.5 Å². The molecule has 0 aliphatic heterocycles. The van der Waals surface area contributed by atoms with Gasteiger partial charge in [-0.15, -0.1) is 0 Å². The van der Waals surface area contributed by atoms with Gasteiger partial charge < -0.3 is 19.8 Å². The number of ether oxygens (including phenoxy) is 1. The smallest absolute Gasteiger partial charge is 0.408 e. The number of halogens is 1. The summed E-state index contributed by atoms with van der Waals surface area (Å²) in [7, 11) is -1.93. The predicted molar refractivity (Wildman–Crippen MR) is 145 cm³/mol. The Kier molecular flexibility index (Phi) is 9.84. The lowest BCUT2D eigenvalue weighted by molar-refractivity contribution is -0.119. The molecule has 1 aliphatic rings. The lowest BCUT2D eigenvalue weighted by atomic mass is 9.82. The van der Waals surface area contributed by atoms with Gasteiger partial charge in [-0.1, -0.05) is 51.1 Å². The maximum absolute atomic E-state index is 13.8. The van der Waals surface area contributed by atoms with E-state index in [1.54, 1.807) is 12.3 Å². The zero-order valence-corrected chi connectivity index (χ0v) is 23.6. The van der Waals surface area contributed by atoms with E-state index in [1.165, 1.54) is 0 Å². The topological polar surface area (TPSA) is 89.5 Å². The average molecular weight is 530 g/mol. The van der Waals surface area contributed by atoms with Crippen molar-refractivity contribution in [2.24, 2.45) is 5.92 Å². The molecule has 202 valence electrons. The highest BCUT2D eigenvalue weighted by atomic mass is 28.4. The number of nitrogens with one attached hydrogen (secondary N) is 2. The zero-order valence-electron chi connectivity index (χ0n) is 22.6. The number of alkyl carbamates (subject to hydrolysis) is 1. The van der Waals surface area contributed by atoms with Crippen molar-refractivity contribution in [2.75, 3.05) is 5.32 Å². The van der Waals surface area contributed by atoms with Crippen molar-refractivity contribution in [3.05, 3.63) is 59.8 Å². The van der Waals surface area contributed by atoms with E-state index in [0.29, 0.717) is 38.1 Å². The molecular weight excluding hydrogens is 489 g/mol. The molecule has 0 radical (unpaired) electrons. The van der Waals surface area contributed by atoms with E-state index in [-0.39, 0.29) is 17.6 Å². The van der Waals surface area contributed by atoms with Crippen LogP contribution in [0.25, 0.3) is 0 Å². The van der Waals surface area contributed by atoms with Gasteiger partial charge in [0.2, 0.25) is 5.91 Å². The van der Waals surface area contributed by atoms with Gasteiger partial charge in [0.15, 0.2) is 8.32 Å². The molecule has 1 unspecified atom stereocenters. The third-order valence-electron chi connectivity index (χ3n) is 7.42. The molecule has 0 spiro atoms. The van der Waals surface area contributed by atoms with Crippen LogP contribution in [0.5, 0.6) is 0 Å². The highest BCUT2D eigenvalue weighted by Crippen LogP contribution is 2.37. The number of benzene rings is 1. The Hall–Kier alpha value is -2.78. The van der Waals surface area contributed by atoms with E-state index < -0.39 is 32.5 Å².